The minimum absolute atomic E-state index is 0.0694. The van der Waals surface area contributed by atoms with E-state index in [1.807, 2.05) is 0 Å². The van der Waals surface area contributed by atoms with Gasteiger partial charge in [0.25, 0.3) is 0 Å². The Morgan fingerprint density at radius 3 is 3.15 bits per heavy atom. The molecule has 1 fully saturated rings. The molecule has 2 heterocycles. The standard InChI is InChI=1S/C14H15FN2O2S/c1-9(18)17(8-11-3-2-6-19-11)14-16-12-5-4-10(15)7-13(12)20-14/h4-5,7,11H,2-3,6,8H2,1H3/t11-/m0/s1. The van der Waals surface area contributed by atoms with Gasteiger partial charge in [0.15, 0.2) is 5.13 Å². The van der Waals surface area contributed by atoms with Gasteiger partial charge in [-0.05, 0) is 31.0 Å². The van der Waals surface area contributed by atoms with Crippen LogP contribution in [-0.2, 0) is 9.53 Å². The molecule has 0 saturated carbocycles. The first-order chi connectivity index (χ1) is 9.63. The number of carbonyl (C=O) groups is 1. The van der Waals surface area contributed by atoms with Gasteiger partial charge in [0, 0.05) is 13.5 Å². The Kier molecular flexibility index (Phi) is 3.67. The van der Waals surface area contributed by atoms with E-state index in [9.17, 15) is 9.18 Å². The molecule has 1 aliphatic heterocycles. The first-order valence-corrected chi connectivity index (χ1v) is 7.41. The molecule has 0 unspecified atom stereocenters. The average molecular weight is 294 g/mol. The fraction of sp³-hybridized carbons (Fsp3) is 0.429. The third-order valence-electron chi connectivity index (χ3n) is 3.36. The Labute approximate surface area is 120 Å². The van der Waals surface area contributed by atoms with Crippen molar-refractivity contribution >= 4 is 32.6 Å². The number of thiazole rings is 1. The number of hydrogen-bond acceptors (Lipinski definition) is 4. The summed E-state index contributed by atoms with van der Waals surface area (Å²) in [4.78, 5) is 17.9. The fourth-order valence-electron chi connectivity index (χ4n) is 2.34. The van der Waals surface area contributed by atoms with E-state index in [1.54, 1.807) is 11.0 Å². The average Bonchev–Trinajstić information content (AvgIpc) is 3.03. The molecule has 6 heteroatoms. The van der Waals surface area contributed by atoms with Gasteiger partial charge in [-0.1, -0.05) is 11.3 Å². The van der Waals surface area contributed by atoms with Crippen LogP contribution in [0.4, 0.5) is 9.52 Å². The summed E-state index contributed by atoms with van der Waals surface area (Å²) in [7, 11) is 0. The highest BCUT2D eigenvalue weighted by atomic mass is 32.1. The number of aromatic nitrogens is 1. The number of hydrogen-bond donors (Lipinski definition) is 0. The molecule has 20 heavy (non-hydrogen) atoms. The van der Waals surface area contributed by atoms with Crippen LogP contribution in [0.1, 0.15) is 19.8 Å². The third kappa shape index (κ3) is 2.66. The van der Waals surface area contributed by atoms with Crippen molar-refractivity contribution in [3.05, 3.63) is 24.0 Å². The van der Waals surface area contributed by atoms with Gasteiger partial charge < -0.3 is 4.74 Å². The highest BCUT2D eigenvalue weighted by molar-refractivity contribution is 7.22. The lowest BCUT2D eigenvalue weighted by atomic mass is 10.2. The largest absolute Gasteiger partial charge is 0.376 e. The maximum atomic E-state index is 13.2. The van der Waals surface area contributed by atoms with Crippen LogP contribution in [0.2, 0.25) is 0 Å². The smallest absolute Gasteiger partial charge is 0.225 e. The third-order valence-corrected chi connectivity index (χ3v) is 4.40. The molecule has 1 amide bonds. The zero-order valence-electron chi connectivity index (χ0n) is 11.1. The Balaban J connectivity index is 1.90. The zero-order valence-corrected chi connectivity index (χ0v) is 12.0. The molecular formula is C14H15FN2O2S. The van der Waals surface area contributed by atoms with Gasteiger partial charge in [0.2, 0.25) is 5.91 Å². The Hall–Kier alpha value is -1.53. The highest BCUT2D eigenvalue weighted by Crippen LogP contribution is 2.30. The summed E-state index contributed by atoms with van der Waals surface area (Å²) in [5, 5.41) is 0.605. The van der Waals surface area contributed by atoms with Crippen LogP contribution in [0.25, 0.3) is 10.2 Å². The molecule has 0 N–H and O–H groups in total. The number of fused-ring (bicyclic) bond motifs is 1. The summed E-state index contributed by atoms with van der Waals surface area (Å²) in [5.74, 6) is -0.360. The molecule has 2 aromatic rings. The van der Waals surface area contributed by atoms with Crippen molar-refractivity contribution in [2.45, 2.75) is 25.9 Å². The van der Waals surface area contributed by atoms with Crippen LogP contribution in [-0.4, -0.2) is 30.1 Å². The summed E-state index contributed by atoms with van der Waals surface area (Å²) < 4.78 is 19.5. The SMILES string of the molecule is CC(=O)N(C[C@@H]1CCCO1)c1nc2ccc(F)cc2s1. The minimum atomic E-state index is -0.291. The summed E-state index contributed by atoms with van der Waals surface area (Å²) in [6, 6.07) is 4.46. The number of nitrogens with zero attached hydrogens (tertiary/aromatic N) is 2. The number of ether oxygens (including phenoxy) is 1. The second-order valence-corrected chi connectivity index (χ2v) is 5.88. The maximum absolute atomic E-state index is 13.2. The van der Waals surface area contributed by atoms with Crippen LogP contribution in [0.3, 0.4) is 0 Å². The lowest BCUT2D eigenvalue weighted by Crippen LogP contribution is -2.35. The van der Waals surface area contributed by atoms with Crippen molar-refractivity contribution in [2.75, 3.05) is 18.1 Å². The van der Waals surface area contributed by atoms with Gasteiger partial charge in [-0.15, -0.1) is 0 Å². The van der Waals surface area contributed by atoms with Gasteiger partial charge in [-0.25, -0.2) is 9.37 Å². The predicted molar refractivity (Wildman–Crippen MR) is 76.6 cm³/mol. The maximum Gasteiger partial charge on any atom is 0.225 e. The monoisotopic (exact) mass is 294 g/mol. The number of halogens is 1. The van der Waals surface area contributed by atoms with E-state index in [2.05, 4.69) is 4.98 Å². The number of amides is 1. The van der Waals surface area contributed by atoms with E-state index in [-0.39, 0.29) is 17.8 Å². The molecule has 0 aliphatic carbocycles. The van der Waals surface area contributed by atoms with Gasteiger partial charge in [-0.2, -0.15) is 0 Å². The van der Waals surface area contributed by atoms with Gasteiger partial charge in [-0.3, -0.25) is 9.69 Å². The number of rotatable bonds is 3. The number of benzene rings is 1. The van der Waals surface area contributed by atoms with Crippen molar-refractivity contribution in [3.8, 4) is 0 Å². The first kappa shape index (κ1) is 13.5. The normalized spacial score (nSPS) is 18.6. The Morgan fingerprint density at radius 2 is 2.45 bits per heavy atom. The van der Waals surface area contributed by atoms with Crippen LogP contribution < -0.4 is 4.90 Å². The molecule has 1 aromatic heterocycles. The molecule has 3 rings (SSSR count). The van der Waals surface area contributed by atoms with E-state index in [4.69, 9.17) is 4.74 Å². The molecule has 0 bridgehead atoms. The number of carbonyl (C=O) groups excluding carboxylic acids is 1. The molecule has 0 spiro atoms. The molecule has 4 nitrogen and oxygen atoms in total. The minimum Gasteiger partial charge on any atom is -0.376 e. The summed E-state index contributed by atoms with van der Waals surface area (Å²) in [6.07, 6.45) is 2.06. The van der Waals surface area contributed by atoms with Crippen molar-refractivity contribution in [2.24, 2.45) is 0 Å². The molecule has 0 radical (unpaired) electrons. The molecule has 1 aromatic carbocycles. The Morgan fingerprint density at radius 1 is 1.60 bits per heavy atom. The van der Waals surface area contributed by atoms with Crippen LogP contribution in [0, 0.1) is 5.82 Å². The number of anilines is 1. The zero-order chi connectivity index (χ0) is 14.1. The Bertz CT molecular complexity index is 637. The molecule has 1 saturated heterocycles. The lowest BCUT2D eigenvalue weighted by molar-refractivity contribution is -0.116. The van der Waals surface area contributed by atoms with Gasteiger partial charge in [0.05, 0.1) is 22.9 Å². The van der Waals surface area contributed by atoms with Crippen LogP contribution in [0.5, 0.6) is 0 Å². The quantitative estimate of drug-likeness (QED) is 0.874. The molecular weight excluding hydrogens is 279 g/mol. The van der Waals surface area contributed by atoms with Crippen LogP contribution in [0.15, 0.2) is 18.2 Å². The van der Waals surface area contributed by atoms with Crippen molar-refractivity contribution in [1.82, 2.24) is 4.98 Å². The summed E-state index contributed by atoms with van der Waals surface area (Å²) in [6.45, 7) is 2.78. The van der Waals surface area contributed by atoms with Crippen LogP contribution >= 0.6 is 11.3 Å². The molecule has 1 aliphatic rings. The molecule has 1 atom stereocenters. The predicted octanol–water partition coefficient (Wildman–Crippen LogP) is 2.97. The first-order valence-electron chi connectivity index (χ1n) is 6.59. The second-order valence-electron chi connectivity index (χ2n) is 4.87. The van der Waals surface area contributed by atoms with E-state index in [1.165, 1.54) is 30.4 Å². The van der Waals surface area contributed by atoms with Gasteiger partial charge >= 0.3 is 0 Å². The van der Waals surface area contributed by atoms with Gasteiger partial charge in [0.1, 0.15) is 5.82 Å². The molecule has 106 valence electrons. The lowest BCUT2D eigenvalue weighted by Gasteiger charge is -2.21. The summed E-state index contributed by atoms with van der Waals surface area (Å²) >= 11 is 1.33. The topological polar surface area (TPSA) is 42.4 Å². The van der Waals surface area contributed by atoms with E-state index < -0.39 is 0 Å². The fourth-order valence-corrected chi connectivity index (χ4v) is 3.38. The summed E-state index contributed by atoms with van der Waals surface area (Å²) in [5.41, 5.74) is 0.713. The van der Waals surface area contributed by atoms with Crippen molar-refractivity contribution < 1.29 is 13.9 Å². The van der Waals surface area contributed by atoms with Crippen molar-refractivity contribution in [1.29, 1.82) is 0 Å². The van der Waals surface area contributed by atoms with E-state index >= 15 is 0 Å². The highest BCUT2D eigenvalue weighted by Gasteiger charge is 2.24. The van der Waals surface area contributed by atoms with Crippen molar-refractivity contribution in [3.63, 3.8) is 0 Å². The van der Waals surface area contributed by atoms with E-state index in [0.29, 0.717) is 17.2 Å². The van der Waals surface area contributed by atoms with E-state index in [0.717, 1.165) is 24.1 Å². The second kappa shape index (κ2) is 5.46.